The second-order valence-electron chi connectivity index (χ2n) is 4.64. The van der Waals surface area contributed by atoms with Crippen LogP contribution >= 0.6 is 28.1 Å². The summed E-state index contributed by atoms with van der Waals surface area (Å²) in [5.41, 5.74) is 3.24. The molecule has 0 radical (unpaired) electrons. The van der Waals surface area contributed by atoms with E-state index in [1.54, 1.807) is 0 Å². The number of thiocarbonyl (C=S) groups is 1. The first kappa shape index (κ1) is 15.0. The summed E-state index contributed by atoms with van der Waals surface area (Å²) in [5.74, 6) is 0. The van der Waals surface area contributed by atoms with Gasteiger partial charge in [0.05, 0.1) is 12.2 Å². The molecule has 1 heterocycles. The van der Waals surface area contributed by atoms with Crippen molar-refractivity contribution in [3.8, 4) is 0 Å². The maximum absolute atomic E-state index is 5.33. The van der Waals surface area contributed by atoms with Crippen LogP contribution in [0.25, 0.3) is 0 Å². The fourth-order valence-electron chi connectivity index (χ4n) is 1.92. The highest BCUT2D eigenvalue weighted by Crippen LogP contribution is 2.17. The monoisotopic (exact) mass is 352 g/mol. The smallest absolute Gasteiger partial charge is 0.171 e. The van der Waals surface area contributed by atoms with Gasteiger partial charge in [-0.15, -0.1) is 0 Å². The molecule has 1 aromatic carbocycles. The fourth-order valence-corrected chi connectivity index (χ4v) is 2.47. The Labute approximate surface area is 132 Å². The highest BCUT2D eigenvalue weighted by molar-refractivity contribution is 9.10. The summed E-state index contributed by atoms with van der Waals surface area (Å²) in [4.78, 5) is 0. The molecule has 0 aliphatic carbocycles. The lowest BCUT2D eigenvalue weighted by Gasteiger charge is -2.17. The lowest BCUT2D eigenvalue weighted by atomic mass is 10.1. The quantitative estimate of drug-likeness (QED) is 0.829. The van der Waals surface area contributed by atoms with E-state index < -0.39 is 0 Å². The Hall–Kier alpha value is -1.40. The van der Waals surface area contributed by atoms with Crippen molar-refractivity contribution in [2.75, 3.05) is 5.32 Å². The number of aromatic nitrogens is 2. The lowest BCUT2D eigenvalue weighted by molar-refractivity contribution is 0.701. The fraction of sp³-hybridized carbons (Fsp3) is 0.286. The molecule has 0 saturated carbocycles. The average molecular weight is 353 g/mol. The number of rotatable bonds is 3. The molecule has 0 amide bonds. The molecule has 2 N–H and O–H groups in total. The predicted molar refractivity (Wildman–Crippen MR) is 89.9 cm³/mol. The lowest BCUT2D eigenvalue weighted by Crippen LogP contribution is -2.31. The molecule has 4 nitrogen and oxygen atoms in total. The molecule has 2 aromatic rings. The van der Waals surface area contributed by atoms with E-state index in [2.05, 4.69) is 38.6 Å². The number of halogens is 1. The zero-order valence-corrected chi connectivity index (χ0v) is 14.0. The van der Waals surface area contributed by atoms with Crippen molar-refractivity contribution < 1.29 is 0 Å². The molecule has 0 saturated heterocycles. The van der Waals surface area contributed by atoms with E-state index in [0.717, 1.165) is 21.4 Å². The maximum Gasteiger partial charge on any atom is 0.171 e. The van der Waals surface area contributed by atoms with E-state index in [-0.39, 0.29) is 6.04 Å². The zero-order valence-electron chi connectivity index (χ0n) is 11.6. The largest absolute Gasteiger partial charge is 0.356 e. The minimum absolute atomic E-state index is 0.110. The molecule has 6 heteroatoms. The summed E-state index contributed by atoms with van der Waals surface area (Å²) in [5, 5.41) is 11.3. The molecule has 0 aliphatic rings. The molecule has 106 valence electrons. The van der Waals surface area contributed by atoms with Gasteiger partial charge < -0.3 is 10.6 Å². The Morgan fingerprint density at radius 1 is 1.35 bits per heavy atom. The first-order chi connectivity index (χ1) is 9.47. The van der Waals surface area contributed by atoms with Gasteiger partial charge >= 0.3 is 0 Å². The third-order valence-electron chi connectivity index (χ3n) is 3.19. The Morgan fingerprint density at radius 3 is 2.55 bits per heavy atom. The molecule has 0 fully saturated rings. The number of benzene rings is 1. The zero-order chi connectivity index (χ0) is 14.7. The second kappa shape index (κ2) is 6.37. The molecule has 0 bridgehead atoms. The van der Waals surface area contributed by atoms with Crippen molar-refractivity contribution in [2.45, 2.75) is 19.9 Å². The normalized spacial score (nSPS) is 12.0. The van der Waals surface area contributed by atoms with Crippen molar-refractivity contribution in [2.24, 2.45) is 7.05 Å². The summed E-state index contributed by atoms with van der Waals surface area (Å²) in [6.07, 6.45) is 1.87. The highest BCUT2D eigenvalue weighted by atomic mass is 79.9. The van der Waals surface area contributed by atoms with E-state index in [1.807, 2.05) is 49.1 Å². The molecule has 0 aliphatic heterocycles. The van der Waals surface area contributed by atoms with Crippen LogP contribution in [0.2, 0.25) is 0 Å². The van der Waals surface area contributed by atoms with Gasteiger partial charge in [0.2, 0.25) is 0 Å². The number of hydrogen-bond acceptors (Lipinski definition) is 2. The number of hydrogen-bond donors (Lipinski definition) is 2. The minimum Gasteiger partial charge on any atom is -0.356 e. The standard InChI is InChI=1S/C14H17BrN4S/c1-9(13-8-16-19(3)10(13)2)17-14(20)18-12-6-4-11(15)5-7-12/h4-9H,1-3H3,(H2,17,18,20). The number of anilines is 1. The summed E-state index contributed by atoms with van der Waals surface area (Å²) in [7, 11) is 1.93. The van der Waals surface area contributed by atoms with E-state index in [0.29, 0.717) is 5.11 Å². The van der Waals surface area contributed by atoms with Gasteiger partial charge in [-0.2, -0.15) is 5.10 Å². The summed E-state index contributed by atoms with van der Waals surface area (Å²) < 4.78 is 2.90. The summed E-state index contributed by atoms with van der Waals surface area (Å²) >= 11 is 8.74. The van der Waals surface area contributed by atoms with Crippen molar-refractivity contribution in [3.05, 3.63) is 46.2 Å². The third-order valence-corrected chi connectivity index (χ3v) is 3.94. The van der Waals surface area contributed by atoms with Gasteiger partial charge in [-0.05, 0) is 50.3 Å². The van der Waals surface area contributed by atoms with Gasteiger partial charge in [0.15, 0.2) is 5.11 Å². The molecular formula is C14H17BrN4S. The third kappa shape index (κ3) is 3.58. The highest BCUT2D eigenvalue weighted by Gasteiger charge is 2.12. The van der Waals surface area contributed by atoms with E-state index in [4.69, 9.17) is 12.2 Å². The van der Waals surface area contributed by atoms with Crippen molar-refractivity contribution in [1.29, 1.82) is 0 Å². The minimum atomic E-state index is 0.110. The average Bonchev–Trinajstić information content (AvgIpc) is 2.73. The molecule has 1 aromatic heterocycles. The molecule has 1 atom stereocenters. The van der Waals surface area contributed by atoms with Crippen LogP contribution in [0.5, 0.6) is 0 Å². The van der Waals surface area contributed by atoms with Gasteiger partial charge in [-0.3, -0.25) is 4.68 Å². The van der Waals surface area contributed by atoms with Crippen LogP contribution in [0.4, 0.5) is 5.69 Å². The molecule has 1 unspecified atom stereocenters. The van der Waals surface area contributed by atoms with E-state index >= 15 is 0 Å². The Balaban J connectivity index is 1.97. The van der Waals surface area contributed by atoms with E-state index in [1.165, 1.54) is 0 Å². The van der Waals surface area contributed by atoms with Gasteiger partial charge in [-0.25, -0.2) is 0 Å². The van der Waals surface area contributed by atoms with Crippen LogP contribution in [-0.4, -0.2) is 14.9 Å². The first-order valence-corrected chi connectivity index (χ1v) is 7.49. The Morgan fingerprint density at radius 2 is 2.00 bits per heavy atom. The van der Waals surface area contributed by atoms with E-state index in [9.17, 15) is 0 Å². The second-order valence-corrected chi connectivity index (χ2v) is 5.96. The van der Waals surface area contributed by atoms with Crippen LogP contribution in [0.15, 0.2) is 34.9 Å². The van der Waals surface area contributed by atoms with Crippen LogP contribution in [0, 0.1) is 6.92 Å². The summed E-state index contributed by atoms with van der Waals surface area (Å²) in [6, 6.07) is 7.99. The number of nitrogens with one attached hydrogen (secondary N) is 2. The SMILES string of the molecule is Cc1c(C(C)NC(=S)Nc2ccc(Br)cc2)cnn1C. The Bertz CT molecular complexity index is 606. The van der Waals surface area contributed by atoms with Gasteiger partial charge in [-0.1, -0.05) is 15.9 Å². The van der Waals surface area contributed by atoms with Gasteiger partial charge in [0.25, 0.3) is 0 Å². The van der Waals surface area contributed by atoms with Gasteiger partial charge in [0, 0.05) is 28.5 Å². The maximum atomic E-state index is 5.33. The Kier molecular flexibility index (Phi) is 4.77. The topological polar surface area (TPSA) is 41.9 Å². The molecule has 0 spiro atoms. The van der Waals surface area contributed by atoms with Crippen LogP contribution in [0.1, 0.15) is 24.2 Å². The van der Waals surface area contributed by atoms with Crippen LogP contribution in [-0.2, 0) is 7.05 Å². The van der Waals surface area contributed by atoms with Crippen molar-refractivity contribution in [3.63, 3.8) is 0 Å². The van der Waals surface area contributed by atoms with Crippen molar-refractivity contribution in [1.82, 2.24) is 15.1 Å². The molecule has 20 heavy (non-hydrogen) atoms. The van der Waals surface area contributed by atoms with Crippen LogP contribution < -0.4 is 10.6 Å². The molecular weight excluding hydrogens is 336 g/mol. The molecule has 2 rings (SSSR count). The predicted octanol–water partition coefficient (Wildman–Crippen LogP) is 3.54. The van der Waals surface area contributed by atoms with Crippen LogP contribution in [0.3, 0.4) is 0 Å². The van der Waals surface area contributed by atoms with Crippen molar-refractivity contribution >= 4 is 38.9 Å². The number of nitrogens with zero attached hydrogens (tertiary/aromatic N) is 2. The first-order valence-electron chi connectivity index (χ1n) is 6.29. The number of aryl methyl sites for hydroxylation is 1. The summed E-state index contributed by atoms with van der Waals surface area (Å²) in [6.45, 7) is 4.12. The van der Waals surface area contributed by atoms with Gasteiger partial charge in [0.1, 0.15) is 0 Å².